The molecule has 9 nitrogen and oxygen atoms in total. The van der Waals surface area contributed by atoms with Gasteiger partial charge in [-0.15, -0.1) is 0 Å². The van der Waals surface area contributed by atoms with E-state index in [0.717, 1.165) is 6.42 Å². The largest absolute Gasteiger partial charge is 0.419 e. The van der Waals surface area contributed by atoms with Gasteiger partial charge in [0, 0.05) is 24.4 Å². The molecule has 0 bridgehead atoms. The number of aromatic nitrogens is 5. The van der Waals surface area contributed by atoms with E-state index in [2.05, 4.69) is 25.4 Å². The summed E-state index contributed by atoms with van der Waals surface area (Å²) in [4.78, 5) is 27.4. The Bertz CT molecular complexity index is 1440. The minimum atomic E-state index is -4.76. The minimum Gasteiger partial charge on any atom is -0.371 e. The maximum Gasteiger partial charge on any atom is 0.419 e. The fourth-order valence-corrected chi connectivity index (χ4v) is 4.43. The summed E-state index contributed by atoms with van der Waals surface area (Å²) in [5, 5.41) is 6.42. The van der Waals surface area contributed by atoms with Crippen molar-refractivity contribution in [2.45, 2.75) is 18.2 Å². The van der Waals surface area contributed by atoms with Crippen LogP contribution >= 0.6 is 0 Å². The second kappa shape index (κ2) is 7.73. The summed E-state index contributed by atoms with van der Waals surface area (Å²) >= 11 is 0. The Morgan fingerprint density at radius 3 is 2.66 bits per heavy atom. The van der Waals surface area contributed by atoms with E-state index in [-0.39, 0.29) is 22.6 Å². The Morgan fingerprint density at radius 2 is 1.91 bits per heavy atom. The number of benzene rings is 1. The highest BCUT2D eigenvalue weighted by Crippen LogP contribution is 2.42. The molecule has 1 spiro atoms. The number of amides is 1. The number of halogens is 3. The fraction of sp³-hybridized carbons (Fsp3) is 0.261. The van der Waals surface area contributed by atoms with Gasteiger partial charge in [0.15, 0.2) is 11.3 Å². The Hall–Kier alpha value is -4.06. The summed E-state index contributed by atoms with van der Waals surface area (Å²) in [6, 6.07) is 8.67. The zero-order valence-electron chi connectivity index (χ0n) is 18.2. The number of alkyl halides is 3. The average Bonchev–Trinajstić information content (AvgIpc) is 3.21. The third kappa shape index (κ3) is 3.66. The monoisotopic (exact) mass is 481 g/mol. The third-order valence-corrected chi connectivity index (χ3v) is 6.23. The second-order valence-electron chi connectivity index (χ2n) is 8.50. The number of imidazole rings is 1. The van der Waals surface area contributed by atoms with Crippen molar-refractivity contribution >= 4 is 23.2 Å². The number of hydrogen-bond acceptors (Lipinski definition) is 7. The molecule has 0 atom stereocenters. The first-order valence-electron chi connectivity index (χ1n) is 10.9. The van der Waals surface area contributed by atoms with E-state index in [1.54, 1.807) is 12.1 Å². The van der Waals surface area contributed by atoms with Gasteiger partial charge in [0.1, 0.15) is 5.60 Å². The van der Waals surface area contributed by atoms with Crippen LogP contribution in [0.25, 0.3) is 16.9 Å². The average molecular weight is 481 g/mol. The number of carbonyl (C=O) groups excluding carboxylic acids is 1. The van der Waals surface area contributed by atoms with Crippen LogP contribution in [0.2, 0.25) is 0 Å². The smallest absolute Gasteiger partial charge is 0.371 e. The summed E-state index contributed by atoms with van der Waals surface area (Å²) in [5.74, 6) is -0.434. The van der Waals surface area contributed by atoms with E-state index in [1.807, 2.05) is 4.90 Å². The topological polar surface area (TPSA) is 97.5 Å². The van der Waals surface area contributed by atoms with E-state index in [9.17, 15) is 18.0 Å². The van der Waals surface area contributed by atoms with Crippen molar-refractivity contribution in [2.75, 3.05) is 29.9 Å². The van der Waals surface area contributed by atoms with Crippen molar-refractivity contribution in [2.24, 2.45) is 0 Å². The molecule has 2 saturated heterocycles. The number of rotatable bonds is 4. The molecule has 3 aromatic heterocycles. The van der Waals surface area contributed by atoms with Crippen LogP contribution in [0.15, 0.2) is 55.0 Å². The lowest BCUT2D eigenvalue weighted by Gasteiger charge is -2.55. The van der Waals surface area contributed by atoms with E-state index in [0.29, 0.717) is 31.3 Å². The second-order valence-corrected chi connectivity index (χ2v) is 8.50. The molecule has 35 heavy (non-hydrogen) atoms. The van der Waals surface area contributed by atoms with Crippen LogP contribution in [0.3, 0.4) is 0 Å². The Morgan fingerprint density at radius 1 is 1.09 bits per heavy atom. The van der Waals surface area contributed by atoms with Crippen molar-refractivity contribution in [3.05, 3.63) is 66.2 Å². The van der Waals surface area contributed by atoms with Gasteiger partial charge in [-0.05, 0) is 24.3 Å². The molecule has 6 rings (SSSR count). The van der Waals surface area contributed by atoms with Gasteiger partial charge >= 0.3 is 6.18 Å². The number of nitrogens with one attached hydrogen (secondary N) is 1. The molecule has 1 aromatic carbocycles. The molecule has 0 radical (unpaired) electrons. The lowest BCUT2D eigenvalue weighted by molar-refractivity contribution is -0.161. The molecule has 2 aliphatic heterocycles. The minimum absolute atomic E-state index is 0.00776. The van der Waals surface area contributed by atoms with Crippen LogP contribution in [0.5, 0.6) is 0 Å². The van der Waals surface area contributed by atoms with Crippen molar-refractivity contribution in [1.82, 2.24) is 24.6 Å². The van der Waals surface area contributed by atoms with Crippen LogP contribution in [0.4, 0.5) is 24.8 Å². The molecule has 0 saturated carbocycles. The number of ether oxygens (including phenoxy) is 1. The standard InChI is InChI=1S/C23H18F3N7O2/c24-23(25,26)19-14(15-6-9-27-21(31-15)32-12-22(13-32)7-10-35-22)3-1-4-16(19)30-20(34)17-11-28-18-5-2-8-29-33(17)18/h1-6,8-9,11H,7,10,12-13H2,(H,30,34). The highest BCUT2D eigenvalue weighted by atomic mass is 19.4. The van der Waals surface area contributed by atoms with Gasteiger partial charge in [-0.1, -0.05) is 12.1 Å². The van der Waals surface area contributed by atoms with Crippen molar-refractivity contribution in [1.29, 1.82) is 0 Å². The number of fused-ring (bicyclic) bond motifs is 1. The highest BCUT2D eigenvalue weighted by Gasteiger charge is 2.50. The van der Waals surface area contributed by atoms with Gasteiger partial charge in [-0.25, -0.2) is 19.5 Å². The summed E-state index contributed by atoms with van der Waals surface area (Å²) in [6.45, 7) is 1.92. The summed E-state index contributed by atoms with van der Waals surface area (Å²) in [7, 11) is 0. The van der Waals surface area contributed by atoms with Gasteiger partial charge in [0.2, 0.25) is 5.95 Å². The maximum absolute atomic E-state index is 14.3. The first-order valence-corrected chi connectivity index (χ1v) is 10.9. The third-order valence-electron chi connectivity index (χ3n) is 6.23. The molecular weight excluding hydrogens is 463 g/mol. The SMILES string of the molecule is O=C(Nc1cccc(-c2ccnc(N3CC4(CCO4)C3)n2)c1C(F)(F)F)c1cnc2cccnn12. The Labute approximate surface area is 196 Å². The summed E-state index contributed by atoms with van der Waals surface area (Å²) in [6.07, 6.45) is 0.335. The summed E-state index contributed by atoms with van der Waals surface area (Å²) < 4.78 is 49.7. The highest BCUT2D eigenvalue weighted by molar-refractivity contribution is 6.04. The van der Waals surface area contributed by atoms with Crippen molar-refractivity contribution in [3.63, 3.8) is 0 Å². The molecule has 178 valence electrons. The van der Waals surface area contributed by atoms with Gasteiger partial charge in [0.25, 0.3) is 5.91 Å². The van der Waals surface area contributed by atoms with Gasteiger partial charge in [-0.3, -0.25) is 4.79 Å². The van der Waals surface area contributed by atoms with Crippen LogP contribution in [-0.4, -0.2) is 55.8 Å². The van der Waals surface area contributed by atoms with Gasteiger partial charge in [-0.2, -0.15) is 18.3 Å². The molecule has 0 aliphatic carbocycles. The molecule has 2 aliphatic rings. The normalized spacial score (nSPS) is 16.7. The van der Waals surface area contributed by atoms with Crippen LogP contribution in [-0.2, 0) is 10.9 Å². The van der Waals surface area contributed by atoms with E-state index in [4.69, 9.17) is 4.74 Å². The molecule has 1 N–H and O–H groups in total. The molecule has 2 fully saturated rings. The zero-order chi connectivity index (χ0) is 24.2. The quantitative estimate of drug-likeness (QED) is 0.477. The van der Waals surface area contributed by atoms with E-state index >= 15 is 0 Å². The molecule has 12 heteroatoms. The predicted octanol–water partition coefficient (Wildman–Crippen LogP) is 3.44. The van der Waals surface area contributed by atoms with Crippen LogP contribution < -0.4 is 10.2 Å². The predicted molar refractivity (Wildman–Crippen MR) is 119 cm³/mol. The molecule has 5 heterocycles. The first-order chi connectivity index (χ1) is 16.8. The van der Waals surface area contributed by atoms with E-state index in [1.165, 1.54) is 47.4 Å². The summed E-state index contributed by atoms with van der Waals surface area (Å²) in [5.41, 5.74) is -1.22. The number of nitrogens with zero attached hydrogens (tertiary/aromatic N) is 6. The Balaban J connectivity index is 1.35. The first kappa shape index (κ1) is 21.5. The number of hydrogen-bond donors (Lipinski definition) is 1. The van der Waals surface area contributed by atoms with Gasteiger partial charge in [0.05, 0.1) is 42.8 Å². The van der Waals surface area contributed by atoms with E-state index < -0.39 is 23.3 Å². The fourth-order valence-electron chi connectivity index (χ4n) is 4.43. The van der Waals surface area contributed by atoms with Crippen LogP contribution in [0.1, 0.15) is 22.5 Å². The Kier molecular flexibility index (Phi) is 4.74. The molecule has 0 unspecified atom stereocenters. The van der Waals surface area contributed by atoms with Gasteiger partial charge < -0.3 is 15.0 Å². The molecule has 4 aromatic rings. The molecular formula is C23H18F3N7O2. The van der Waals surface area contributed by atoms with Crippen molar-refractivity contribution in [3.8, 4) is 11.3 Å². The number of carbonyl (C=O) groups is 1. The lowest BCUT2D eigenvalue weighted by atomic mass is 9.86. The van der Waals surface area contributed by atoms with Crippen LogP contribution in [0, 0.1) is 0 Å². The maximum atomic E-state index is 14.3. The van der Waals surface area contributed by atoms with Crippen molar-refractivity contribution < 1.29 is 22.7 Å². The molecule has 1 amide bonds. The number of anilines is 2. The lowest BCUT2D eigenvalue weighted by Crippen LogP contribution is -2.68. The zero-order valence-corrected chi connectivity index (χ0v) is 18.2.